The maximum absolute atomic E-state index is 12.3. The van der Waals surface area contributed by atoms with Crippen LogP contribution in [0.3, 0.4) is 0 Å². The first-order valence-electron chi connectivity index (χ1n) is 7.85. The third-order valence-corrected chi connectivity index (χ3v) is 4.23. The predicted molar refractivity (Wildman–Crippen MR) is 82.1 cm³/mol. The Morgan fingerprint density at radius 1 is 1.18 bits per heavy atom. The van der Waals surface area contributed by atoms with Gasteiger partial charge < -0.3 is 14.2 Å². The first-order chi connectivity index (χ1) is 10.8. The minimum Gasteiger partial charge on any atom is -0.489 e. The quantitative estimate of drug-likeness (QED) is 0.615. The summed E-state index contributed by atoms with van der Waals surface area (Å²) >= 11 is 0. The summed E-state index contributed by atoms with van der Waals surface area (Å²) in [6.45, 7) is 0.812. The fourth-order valence-electron chi connectivity index (χ4n) is 3.06. The second kappa shape index (κ2) is 7.07. The van der Waals surface area contributed by atoms with E-state index >= 15 is 0 Å². The van der Waals surface area contributed by atoms with Crippen LogP contribution < -0.4 is 0 Å². The van der Waals surface area contributed by atoms with Crippen molar-refractivity contribution in [2.24, 2.45) is 0 Å². The lowest BCUT2D eigenvalue weighted by atomic mass is 9.88. The van der Waals surface area contributed by atoms with Crippen molar-refractivity contribution in [3.05, 3.63) is 46.7 Å². The van der Waals surface area contributed by atoms with E-state index in [1.54, 1.807) is 7.11 Å². The van der Waals surface area contributed by atoms with Gasteiger partial charge in [0.05, 0.1) is 13.0 Å². The molecule has 2 aliphatic rings. The van der Waals surface area contributed by atoms with Crippen LogP contribution in [-0.2, 0) is 25.6 Å². The molecule has 1 unspecified atom stereocenters. The van der Waals surface area contributed by atoms with Crippen LogP contribution in [0.25, 0.3) is 0 Å². The van der Waals surface area contributed by atoms with Crippen LogP contribution in [-0.4, -0.2) is 19.7 Å². The van der Waals surface area contributed by atoms with E-state index in [1.165, 1.54) is 0 Å². The van der Waals surface area contributed by atoms with Gasteiger partial charge in [-0.3, -0.25) is 4.79 Å². The fraction of sp³-hybridized carbons (Fsp3) is 0.500. The van der Waals surface area contributed by atoms with E-state index in [4.69, 9.17) is 14.2 Å². The molecule has 4 heteroatoms. The number of benzene rings is 1. The molecule has 0 saturated carbocycles. The number of hydrogen-bond acceptors (Lipinski definition) is 4. The van der Waals surface area contributed by atoms with Gasteiger partial charge in [-0.15, -0.1) is 0 Å². The Morgan fingerprint density at radius 3 is 2.73 bits per heavy atom. The zero-order valence-electron chi connectivity index (χ0n) is 13.0. The zero-order chi connectivity index (χ0) is 15.4. The largest absolute Gasteiger partial charge is 0.489 e. The summed E-state index contributed by atoms with van der Waals surface area (Å²) < 4.78 is 16.3. The molecule has 4 nitrogen and oxygen atoms in total. The normalized spacial score (nSPS) is 21.5. The number of methoxy groups -OCH3 is 1. The molecule has 0 aromatic heterocycles. The van der Waals surface area contributed by atoms with Gasteiger partial charge in [0.2, 0.25) is 0 Å². The number of ketones is 1. The zero-order valence-corrected chi connectivity index (χ0v) is 13.0. The van der Waals surface area contributed by atoms with E-state index in [2.05, 4.69) is 0 Å². The lowest BCUT2D eigenvalue weighted by Crippen LogP contribution is -2.22. The number of allylic oxidation sites excluding steroid dienone is 2. The van der Waals surface area contributed by atoms with Crippen molar-refractivity contribution in [3.63, 3.8) is 0 Å². The highest BCUT2D eigenvalue weighted by atomic mass is 16.7. The third-order valence-electron chi connectivity index (χ3n) is 4.23. The van der Waals surface area contributed by atoms with Gasteiger partial charge in [0, 0.05) is 19.1 Å². The summed E-state index contributed by atoms with van der Waals surface area (Å²) in [7, 11) is 1.61. The smallest absolute Gasteiger partial charge is 0.166 e. The first kappa shape index (κ1) is 15.3. The molecule has 118 valence electrons. The standard InChI is InChI=1S/C18H22O4/c1-20-12-21-11-13-6-8-14(9-7-13)18-10-16(19)15-4-2-3-5-17(15)22-18/h6-9,18H,2-5,10-12H2,1H3. The van der Waals surface area contributed by atoms with Crippen LogP contribution in [0.1, 0.15) is 49.3 Å². The van der Waals surface area contributed by atoms with Crippen molar-refractivity contribution in [3.8, 4) is 0 Å². The van der Waals surface area contributed by atoms with Gasteiger partial charge in [0.15, 0.2) is 5.78 Å². The number of ether oxygens (including phenoxy) is 3. The number of carbonyl (C=O) groups excluding carboxylic acids is 1. The molecule has 0 bridgehead atoms. The molecular weight excluding hydrogens is 280 g/mol. The Hall–Kier alpha value is -1.65. The summed E-state index contributed by atoms with van der Waals surface area (Å²) in [6.07, 6.45) is 4.33. The van der Waals surface area contributed by atoms with E-state index in [0.29, 0.717) is 19.8 Å². The molecule has 0 saturated heterocycles. The van der Waals surface area contributed by atoms with Crippen LogP contribution in [0.2, 0.25) is 0 Å². The molecule has 1 aromatic carbocycles. The minimum atomic E-state index is -0.140. The first-order valence-corrected chi connectivity index (χ1v) is 7.85. The lowest BCUT2D eigenvalue weighted by molar-refractivity contribution is -0.120. The maximum Gasteiger partial charge on any atom is 0.166 e. The molecule has 0 spiro atoms. The average Bonchev–Trinajstić information content (AvgIpc) is 2.56. The molecule has 1 aliphatic carbocycles. The monoisotopic (exact) mass is 302 g/mol. The Kier molecular flexibility index (Phi) is 4.90. The van der Waals surface area contributed by atoms with Crippen LogP contribution >= 0.6 is 0 Å². The molecule has 1 aliphatic heterocycles. The van der Waals surface area contributed by atoms with Crippen molar-refractivity contribution in [1.82, 2.24) is 0 Å². The van der Waals surface area contributed by atoms with Crippen molar-refractivity contribution in [1.29, 1.82) is 0 Å². The molecule has 0 fully saturated rings. The average molecular weight is 302 g/mol. The summed E-state index contributed by atoms with van der Waals surface area (Å²) in [6, 6.07) is 8.09. The van der Waals surface area contributed by atoms with Gasteiger partial charge in [0.1, 0.15) is 18.7 Å². The van der Waals surface area contributed by atoms with Gasteiger partial charge in [-0.2, -0.15) is 0 Å². The maximum atomic E-state index is 12.3. The van der Waals surface area contributed by atoms with Crippen molar-refractivity contribution in [2.75, 3.05) is 13.9 Å². The van der Waals surface area contributed by atoms with Gasteiger partial charge in [0.25, 0.3) is 0 Å². The topological polar surface area (TPSA) is 44.8 Å². The molecular formula is C18H22O4. The highest BCUT2D eigenvalue weighted by molar-refractivity contribution is 5.97. The van der Waals surface area contributed by atoms with Crippen LogP contribution in [0.15, 0.2) is 35.6 Å². The van der Waals surface area contributed by atoms with E-state index < -0.39 is 0 Å². The van der Waals surface area contributed by atoms with Crippen molar-refractivity contribution in [2.45, 2.75) is 44.8 Å². The van der Waals surface area contributed by atoms with E-state index in [-0.39, 0.29) is 11.9 Å². The molecule has 1 heterocycles. The van der Waals surface area contributed by atoms with Crippen LogP contribution in [0.5, 0.6) is 0 Å². The Bertz CT molecular complexity index is 559. The second-order valence-corrected chi connectivity index (χ2v) is 5.84. The van der Waals surface area contributed by atoms with Gasteiger partial charge >= 0.3 is 0 Å². The highest BCUT2D eigenvalue weighted by Crippen LogP contribution is 2.38. The van der Waals surface area contributed by atoms with Crippen LogP contribution in [0.4, 0.5) is 0 Å². The van der Waals surface area contributed by atoms with Gasteiger partial charge in [-0.25, -0.2) is 0 Å². The molecule has 0 amide bonds. The number of rotatable bonds is 5. The molecule has 22 heavy (non-hydrogen) atoms. The number of carbonyl (C=O) groups is 1. The minimum absolute atomic E-state index is 0.140. The highest BCUT2D eigenvalue weighted by Gasteiger charge is 2.30. The predicted octanol–water partition coefficient (Wildman–Crippen LogP) is 3.67. The fourth-order valence-corrected chi connectivity index (χ4v) is 3.06. The summed E-state index contributed by atoms with van der Waals surface area (Å²) in [5.74, 6) is 1.19. The number of hydrogen-bond donors (Lipinski definition) is 0. The molecule has 0 radical (unpaired) electrons. The Labute approximate surface area is 131 Å². The van der Waals surface area contributed by atoms with Gasteiger partial charge in [-0.05, 0) is 30.4 Å². The van der Waals surface area contributed by atoms with E-state index in [9.17, 15) is 4.79 Å². The van der Waals surface area contributed by atoms with Crippen molar-refractivity contribution < 1.29 is 19.0 Å². The molecule has 0 N–H and O–H groups in total. The third kappa shape index (κ3) is 3.39. The summed E-state index contributed by atoms with van der Waals surface area (Å²) in [5.41, 5.74) is 3.08. The van der Waals surface area contributed by atoms with Gasteiger partial charge in [-0.1, -0.05) is 24.3 Å². The second-order valence-electron chi connectivity index (χ2n) is 5.84. The van der Waals surface area contributed by atoms with E-state index in [0.717, 1.165) is 48.1 Å². The summed E-state index contributed by atoms with van der Waals surface area (Å²) in [5, 5.41) is 0. The van der Waals surface area contributed by atoms with Crippen molar-refractivity contribution >= 4 is 5.78 Å². The Morgan fingerprint density at radius 2 is 1.95 bits per heavy atom. The molecule has 3 rings (SSSR count). The summed E-state index contributed by atoms with van der Waals surface area (Å²) in [4.78, 5) is 12.3. The molecule has 1 atom stereocenters. The molecule has 1 aromatic rings. The Balaban J connectivity index is 1.67. The van der Waals surface area contributed by atoms with Crippen LogP contribution in [0, 0.1) is 0 Å². The number of Topliss-reactive ketones (excluding diaryl/α,β-unsaturated/α-hetero) is 1. The van der Waals surface area contributed by atoms with E-state index in [1.807, 2.05) is 24.3 Å². The lowest BCUT2D eigenvalue weighted by Gasteiger charge is -2.30. The SMILES string of the molecule is COCOCc1ccc(C2CC(=O)C3=C(CCCC3)O2)cc1.